The summed E-state index contributed by atoms with van der Waals surface area (Å²) < 4.78 is 2.39. The number of pyridine rings is 2. The van der Waals surface area contributed by atoms with E-state index in [9.17, 15) is 0 Å². The number of fused-ring (bicyclic) bond motifs is 6. The number of nitrogens with zero attached hydrogens (tertiary/aromatic N) is 4. The standard InChI is InChI=1S/C52H32N4S/c1-2-13-33(14-3-1)47-32-48(36-17-12-16-35(27-36)46-22-10-11-25-53-46)56-52(55-47)39-29-37(41-24-26-54-50-44-21-8-9-23-49(44)57-51(41)50)28-38(30-39)45-31-34-15-4-5-18-40(34)42-19-6-7-20-43(42)45/h1-32H. The Morgan fingerprint density at radius 2 is 0.982 bits per heavy atom. The van der Waals surface area contributed by atoms with Gasteiger partial charge in [-0.3, -0.25) is 9.97 Å². The highest BCUT2D eigenvalue weighted by Crippen LogP contribution is 2.43. The van der Waals surface area contributed by atoms with Crippen LogP contribution in [0.4, 0.5) is 0 Å². The van der Waals surface area contributed by atoms with Crippen molar-refractivity contribution in [1.82, 2.24) is 19.9 Å². The first kappa shape index (κ1) is 33.0. The van der Waals surface area contributed by atoms with Crippen LogP contribution >= 0.6 is 11.3 Å². The van der Waals surface area contributed by atoms with E-state index in [2.05, 4.69) is 163 Å². The van der Waals surface area contributed by atoms with Gasteiger partial charge < -0.3 is 0 Å². The Balaban J connectivity index is 1.18. The largest absolute Gasteiger partial charge is 0.256 e. The summed E-state index contributed by atoms with van der Waals surface area (Å²) in [6.07, 6.45) is 3.77. The van der Waals surface area contributed by atoms with Gasteiger partial charge in [-0.15, -0.1) is 11.3 Å². The van der Waals surface area contributed by atoms with Crippen LogP contribution in [0.5, 0.6) is 0 Å². The summed E-state index contributed by atoms with van der Waals surface area (Å²) in [6, 6.07) is 64.2. The molecule has 11 rings (SSSR count). The fourth-order valence-corrected chi connectivity index (χ4v) is 9.24. The summed E-state index contributed by atoms with van der Waals surface area (Å²) in [7, 11) is 0. The van der Waals surface area contributed by atoms with Crippen molar-refractivity contribution in [2.75, 3.05) is 0 Å². The lowest BCUT2D eigenvalue weighted by molar-refractivity contribution is 1.18. The van der Waals surface area contributed by atoms with E-state index in [0.29, 0.717) is 5.82 Å². The van der Waals surface area contributed by atoms with Crippen LogP contribution in [0.1, 0.15) is 0 Å². The van der Waals surface area contributed by atoms with Crippen molar-refractivity contribution in [3.05, 3.63) is 194 Å². The molecule has 0 aliphatic rings. The van der Waals surface area contributed by atoms with Crippen LogP contribution in [0, 0.1) is 0 Å². The lowest BCUT2D eigenvalue weighted by Gasteiger charge is -2.15. The number of thiophene rings is 1. The third-order valence-electron chi connectivity index (χ3n) is 10.8. The van der Waals surface area contributed by atoms with Gasteiger partial charge in [0, 0.05) is 50.3 Å². The molecular formula is C52H32N4S. The Labute approximate surface area is 333 Å². The molecule has 0 aliphatic heterocycles. The van der Waals surface area contributed by atoms with Gasteiger partial charge in [0.1, 0.15) is 0 Å². The summed E-state index contributed by atoms with van der Waals surface area (Å²) in [5.74, 6) is 0.657. The number of hydrogen-bond acceptors (Lipinski definition) is 5. The molecule has 11 aromatic rings. The van der Waals surface area contributed by atoms with Gasteiger partial charge in [0.05, 0.1) is 27.3 Å². The molecule has 0 fully saturated rings. The highest BCUT2D eigenvalue weighted by atomic mass is 32.1. The maximum absolute atomic E-state index is 5.37. The fourth-order valence-electron chi connectivity index (χ4n) is 8.05. The molecule has 0 amide bonds. The van der Waals surface area contributed by atoms with E-state index >= 15 is 0 Å². The summed E-state index contributed by atoms with van der Waals surface area (Å²) in [5, 5.41) is 6.04. The lowest BCUT2D eigenvalue weighted by Crippen LogP contribution is -1.97. The number of rotatable bonds is 6. The third kappa shape index (κ3) is 5.93. The monoisotopic (exact) mass is 744 g/mol. The summed E-state index contributed by atoms with van der Waals surface area (Å²) in [4.78, 5) is 20.2. The Morgan fingerprint density at radius 3 is 1.81 bits per heavy atom. The number of benzene rings is 7. The van der Waals surface area contributed by atoms with Gasteiger partial charge in [0.25, 0.3) is 0 Å². The van der Waals surface area contributed by atoms with Crippen molar-refractivity contribution in [3.63, 3.8) is 0 Å². The average molecular weight is 745 g/mol. The summed E-state index contributed by atoms with van der Waals surface area (Å²) >= 11 is 1.79. The van der Waals surface area contributed by atoms with Gasteiger partial charge in [-0.1, -0.05) is 121 Å². The molecule has 0 spiro atoms. The molecule has 4 heterocycles. The van der Waals surface area contributed by atoms with Crippen LogP contribution in [0.2, 0.25) is 0 Å². The van der Waals surface area contributed by atoms with Crippen LogP contribution < -0.4 is 0 Å². The predicted molar refractivity (Wildman–Crippen MR) is 238 cm³/mol. The van der Waals surface area contributed by atoms with Gasteiger partial charge in [-0.25, -0.2) is 9.97 Å². The van der Waals surface area contributed by atoms with Crippen molar-refractivity contribution in [3.8, 4) is 67.4 Å². The minimum absolute atomic E-state index is 0.657. The van der Waals surface area contributed by atoms with Gasteiger partial charge in [0.15, 0.2) is 5.82 Å². The van der Waals surface area contributed by atoms with E-state index < -0.39 is 0 Å². The van der Waals surface area contributed by atoms with Crippen LogP contribution in [0.3, 0.4) is 0 Å². The lowest BCUT2D eigenvalue weighted by atomic mass is 9.90. The smallest absolute Gasteiger partial charge is 0.160 e. The van der Waals surface area contributed by atoms with Gasteiger partial charge in [-0.05, 0) is 98.9 Å². The highest BCUT2D eigenvalue weighted by molar-refractivity contribution is 7.26. The van der Waals surface area contributed by atoms with E-state index in [1.165, 1.54) is 31.6 Å². The van der Waals surface area contributed by atoms with Gasteiger partial charge >= 0.3 is 0 Å². The maximum Gasteiger partial charge on any atom is 0.160 e. The molecule has 266 valence electrons. The minimum atomic E-state index is 0.657. The molecular weight excluding hydrogens is 713 g/mol. The molecule has 4 aromatic heterocycles. The van der Waals surface area contributed by atoms with Crippen LogP contribution in [0.15, 0.2) is 194 Å². The van der Waals surface area contributed by atoms with Crippen molar-refractivity contribution < 1.29 is 0 Å². The molecule has 7 aromatic carbocycles. The summed E-state index contributed by atoms with van der Waals surface area (Å²) in [5.41, 5.74) is 12.1. The molecule has 0 unspecified atom stereocenters. The molecule has 0 saturated carbocycles. The van der Waals surface area contributed by atoms with Crippen LogP contribution in [0.25, 0.3) is 109 Å². The van der Waals surface area contributed by atoms with E-state index in [-0.39, 0.29) is 0 Å². The fraction of sp³-hybridized carbons (Fsp3) is 0. The van der Waals surface area contributed by atoms with Crippen molar-refractivity contribution in [2.45, 2.75) is 0 Å². The molecule has 4 nitrogen and oxygen atoms in total. The Morgan fingerprint density at radius 1 is 0.351 bits per heavy atom. The van der Waals surface area contributed by atoms with Crippen molar-refractivity contribution in [2.24, 2.45) is 0 Å². The zero-order chi connectivity index (χ0) is 37.7. The van der Waals surface area contributed by atoms with E-state index in [1.54, 1.807) is 11.3 Å². The Kier molecular flexibility index (Phi) is 7.97. The summed E-state index contributed by atoms with van der Waals surface area (Å²) in [6.45, 7) is 0. The SMILES string of the molecule is c1ccc(-c2cc(-c3cccc(-c4ccccn4)c3)nc(-c3cc(-c4cc5ccccc5c5ccccc45)cc(-c4ccnc5c4sc4ccccc45)c3)n2)cc1. The van der Waals surface area contributed by atoms with E-state index in [0.717, 1.165) is 71.8 Å². The quantitative estimate of drug-likeness (QED) is 0.159. The van der Waals surface area contributed by atoms with Crippen molar-refractivity contribution in [1.29, 1.82) is 0 Å². The predicted octanol–water partition coefficient (Wildman–Crippen LogP) is 13.9. The first-order valence-electron chi connectivity index (χ1n) is 19.0. The first-order valence-corrected chi connectivity index (χ1v) is 19.8. The number of aromatic nitrogens is 4. The average Bonchev–Trinajstić information content (AvgIpc) is 3.68. The molecule has 0 saturated heterocycles. The van der Waals surface area contributed by atoms with Crippen LogP contribution in [-0.4, -0.2) is 19.9 Å². The minimum Gasteiger partial charge on any atom is -0.256 e. The first-order chi connectivity index (χ1) is 28.2. The molecule has 0 bridgehead atoms. The number of hydrogen-bond donors (Lipinski definition) is 0. The highest BCUT2D eigenvalue weighted by Gasteiger charge is 2.18. The van der Waals surface area contributed by atoms with Crippen molar-refractivity contribution >= 4 is 53.2 Å². The molecule has 0 aliphatic carbocycles. The van der Waals surface area contributed by atoms with E-state index in [1.807, 2.05) is 36.7 Å². The molecule has 57 heavy (non-hydrogen) atoms. The molecule has 5 heteroatoms. The van der Waals surface area contributed by atoms with Gasteiger partial charge in [-0.2, -0.15) is 0 Å². The second kappa shape index (κ2) is 13.7. The second-order valence-corrected chi connectivity index (χ2v) is 15.3. The maximum atomic E-state index is 5.37. The topological polar surface area (TPSA) is 51.6 Å². The zero-order valence-corrected chi connectivity index (χ0v) is 31.5. The van der Waals surface area contributed by atoms with E-state index in [4.69, 9.17) is 15.0 Å². The molecule has 0 N–H and O–H groups in total. The molecule has 0 radical (unpaired) electrons. The second-order valence-electron chi connectivity index (χ2n) is 14.2. The zero-order valence-electron chi connectivity index (χ0n) is 30.7. The van der Waals surface area contributed by atoms with Gasteiger partial charge in [0.2, 0.25) is 0 Å². The molecule has 0 atom stereocenters. The van der Waals surface area contributed by atoms with Crippen LogP contribution in [-0.2, 0) is 0 Å². The third-order valence-corrected chi connectivity index (χ3v) is 11.9. The Hall–Kier alpha value is -7.34. The normalized spacial score (nSPS) is 11.5. The Bertz CT molecular complexity index is 3300.